The van der Waals surface area contributed by atoms with Gasteiger partial charge in [-0.2, -0.15) is 0 Å². The number of carbonyl (C=O) groups is 2. The number of hydrogen-bond acceptors (Lipinski definition) is 4. The van der Waals surface area contributed by atoms with Crippen LogP contribution in [0.4, 0.5) is 0 Å². The Morgan fingerprint density at radius 2 is 1.10 bits per heavy atom. The molecule has 0 amide bonds. The summed E-state index contributed by atoms with van der Waals surface area (Å²) in [6.07, 6.45) is 6.36. The molecule has 0 rings (SSSR count). The molecular formula is C15H26Br2O4. The standard InChI is InChI=1S/C15H26Br2O4/c1-3-12(16)14(18)20-10-8-6-5-7-9-11-21-15(19)13(17)4-2/h12-13H,3-11H2,1-2H3. The maximum Gasteiger partial charge on any atom is 0.319 e. The van der Waals surface area contributed by atoms with Crippen LogP contribution in [0.25, 0.3) is 0 Å². The Hall–Kier alpha value is -0.100. The summed E-state index contributed by atoms with van der Waals surface area (Å²) in [4.78, 5) is 22.4. The summed E-state index contributed by atoms with van der Waals surface area (Å²) in [5, 5.41) is 0. The summed E-state index contributed by atoms with van der Waals surface area (Å²) in [7, 11) is 0. The van der Waals surface area contributed by atoms with E-state index in [4.69, 9.17) is 9.47 Å². The van der Waals surface area contributed by atoms with Crippen molar-refractivity contribution in [3.8, 4) is 0 Å². The van der Waals surface area contributed by atoms with Gasteiger partial charge >= 0.3 is 11.9 Å². The van der Waals surface area contributed by atoms with E-state index in [0.29, 0.717) is 13.2 Å². The van der Waals surface area contributed by atoms with Crippen molar-refractivity contribution in [2.75, 3.05) is 13.2 Å². The minimum atomic E-state index is -0.187. The van der Waals surface area contributed by atoms with Crippen LogP contribution in [0.1, 0.15) is 58.8 Å². The minimum Gasteiger partial charge on any atom is -0.465 e. The molecule has 0 aliphatic carbocycles. The van der Waals surface area contributed by atoms with Gasteiger partial charge in [0.05, 0.1) is 13.2 Å². The van der Waals surface area contributed by atoms with Gasteiger partial charge in [0.15, 0.2) is 0 Å². The smallest absolute Gasteiger partial charge is 0.319 e. The third-order valence-corrected chi connectivity index (χ3v) is 5.05. The number of halogens is 2. The Balaban J connectivity index is 3.34. The second-order valence-corrected chi connectivity index (χ2v) is 7.06. The second kappa shape index (κ2) is 13.6. The molecule has 0 aromatic rings. The Kier molecular flexibility index (Phi) is 13.5. The molecule has 0 radical (unpaired) electrons. The first-order valence-corrected chi connectivity index (χ1v) is 9.47. The molecule has 2 atom stereocenters. The van der Waals surface area contributed by atoms with Gasteiger partial charge in [-0.05, 0) is 25.7 Å². The highest BCUT2D eigenvalue weighted by Gasteiger charge is 2.13. The first-order chi connectivity index (χ1) is 10.0. The fourth-order valence-corrected chi connectivity index (χ4v) is 1.86. The van der Waals surface area contributed by atoms with E-state index in [0.717, 1.165) is 44.9 Å². The summed E-state index contributed by atoms with van der Waals surface area (Å²) >= 11 is 6.52. The highest BCUT2D eigenvalue weighted by molar-refractivity contribution is 9.10. The van der Waals surface area contributed by atoms with Gasteiger partial charge in [0.25, 0.3) is 0 Å². The van der Waals surface area contributed by atoms with Crippen LogP contribution in [0.5, 0.6) is 0 Å². The van der Waals surface area contributed by atoms with Gasteiger partial charge in [-0.3, -0.25) is 9.59 Å². The van der Waals surface area contributed by atoms with E-state index in [1.807, 2.05) is 13.8 Å². The van der Waals surface area contributed by atoms with Crippen molar-refractivity contribution in [2.24, 2.45) is 0 Å². The molecule has 0 aromatic carbocycles. The lowest BCUT2D eigenvalue weighted by molar-refractivity contribution is -0.143. The molecule has 0 saturated heterocycles. The van der Waals surface area contributed by atoms with Crippen molar-refractivity contribution in [1.29, 1.82) is 0 Å². The van der Waals surface area contributed by atoms with Gasteiger partial charge in [-0.1, -0.05) is 65.0 Å². The van der Waals surface area contributed by atoms with Crippen LogP contribution < -0.4 is 0 Å². The van der Waals surface area contributed by atoms with E-state index >= 15 is 0 Å². The van der Waals surface area contributed by atoms with Gasteiger partial charge in [-0.15, -0.1) is 0 Å². The lowest BCUT2D eigenvalue weighted by Crippen LogP contribution is -2.17. The predicted molar refractivity (Wildman–Crippen MR) is 91.0 cm³/mol. The van der Waals surface area contributed by atoms with E-state index in [1.165, 1.54) is 0 Å². The highest BCUT2D eigenvalue weighted by Crippen LogP contribution is 2.09. The molecule has 0 heterocycles. The first-order valence-electron chi connectivity index (χ1n) is 7.64. The van der Waals surface area contributed by atoms with Crippen LogP contribution in [0.2, 0.25) is 0 Å². The number of hydrogen-bond donors (Lipinski definition) is 0. The molecular weight excluding hydrogens is 404 g/mol. The quantitative estimate of drug-likeness (QED) is 0.262. The third kappa shape index (κ3) is 11.2. The van der Waals surface area contributed by atoms with Crippen molar-refractivity contribution >= 4 is 43.8 Å². The molecule has 0 aliphatic rings. The predicted octanol–water partition coefficient (Wildman–Crippen LogP) is 4.37. The van der Waals surface area contributed by atoms with Crippen molar-refractivity contribution < 1.29 is 19.1 Å². The van der Waals surface area contributed by atoms with E-state index in [2.05, 4.69) is 31.9 Å². The second-order valence-electron chi connectivity index (χ2n) is 4.85. The van der Waals surface area contributed by atoms with Crippen LogP contribution in [0.3, 0.4) is 0 Å². The normalized spacial score (nSPS) is 13.5. The Morgan fingerprint density at radius 3 is 1.43 bits per heavy atom. The van der Waals surface area contributed by atoms with Gasteiger partial charge < -0.3 is 9.47 Å². The van der Waals surface area contributed by atoms with Crippen LogP contribution in [-0.2, 0) is 19.1 Å². The monoisotopic (exact) mass is 428 g/mol. The molecule has 0 bridgehead atoms. The van der Waals surface area contributed by atoms with Crippen LogP contribution in [0, 0.1) is 0 Å². The Bertz CT molecular complexity index is 269. The molecule has 0 spiro atoms. The number of ether oxygens (including phenoxy) is 2. The summed E-state index contributed by atoms with van der Waals surface area (Å²) in [6, 6.07) is 0. The maximum atomic E-state index is 11.4. The summed E-state index contributed by atoms with van der Waals surface area (Å²) in [5.74, 6) is -0.352. The number of carbonyl (C=O) groups excluding carboxylic acids is 2. The zero-order valence-electron chi connectivity index (χ0n) is 12.9. The summed E-state index contributed by atoms with van der Waals surface area (Å²) in [6.45, 7) is 4.84. The zero-order valence-corrected chi connectivity index (χ0v) is 16.1. The topological polar surface area (TPSA) is 52.6 Å². The lowest BCUT2D eigenvalue weighted by atomic mass is 10.1. The van der Waals surface area contributed by atoms with E-state index in [9.17, 15) is 9.59 Å². The van der Waals surface area contributed by atoms with Crippen LogP contribution in [-0.4, -0.2) is 34.8 Å². The number of esters is 2. The molecule has 21 heavy (non-hydrogen) atoms. The fourth-order valence-electron chi connectivity index (χ4n) is 1.59. The minimum absolute atomic E-state index is 0.176. The molecule has 6 heteroatoms. The van der Waals surface area contributed by atoms with E-state index < -0.39 is 0 Å². The molecule has 2 unspecified atom stereocenters. The lowest BCUT2D eigenvalue weighted by Gasteiger charge is -2.09. The average Bonchev–Trinajstić information content (AvgIpc) is 2.50. The van der Waals surface area contributed by atoms with E-state index in [-0.39, 0.29) is 21.6 Å². The first kappa shape index (κ1) is 20.9. The highest BCUT2D eigenvalue weighted by atomic mass is 79.9. The third-order valence-electron chi connectivity index (χ3n) is 3.01. The largest absolute Gasteiger partial charge is 0.465 e. The summed E-state index contributed by atoms with van der Waals surface area (Å²) < 4.78 is 10.3. The Morgan fingerprint density at radius 1 is 0.762 bits per heavy atom. The molecule has 0 fully saturated rings. The van der Waals surface area contributed by atoms with Crippen molar-refractivity contribution in [2.45, 2.75) is 68.4 Å². The molecule has 0 saturated carbocycles. The molecule has 0 aliphatic heterocycles. The van der Waals surface area contributed by atoms with Gasteiger partial charge in [-0.25, -0.2) is 0 Å². The van der Waals surface area contributed by atoms with Crippen molar-refractivity contribution in [1.82, 2.24) is 0 Å². The SMILES string of the molecule is CCC(Br)C(=O)OCCCCCCCOC(=O)C(Br)CC. The van der Waals surface area contributed by atoms with Crippen LogP contribution >= 0.6 is 31.9 Å². The van der Waals surface area contributed by atoms with Crippen molar-refractivity contribution in [3.63, 3.8) is 0 Å². The van der Waals surface area contributed by atoms with Crippen LogP contribution in [0.15, 0.2) is 0 Å². The maximum absolute atomic E-state index is 11.4. The summed E-state index contributed by atoms with van der Waals surface area (Å²) in [5.41, 5.74) is 0. The van der Waals surface area contributed by atoms with Gasteiger partial charge in [0, 0.05) is 0 Å². The zero-order chi connectivity index (χ0) is 16.1. The molecule has 0 N–H and O–H groups in total. The Labute approximate surface area is 144 Å². The number of rotatable bonds is 12. The van der Waals surface area contributed by atoms with E-state index in [1.54, 1.807) is 0 Å². The van der Waals surface area contributed by atoms with Gasteiger partial charge in [0.2, 0.25) is 0 Å². The van der Waals surface area contributed by atoms with Crippen molar-refractivity contribution in [3.05, 3.63) is 0 Å². The molecule has 0 aromatic heterocycles. The van der Waals surface area contributed by atoms with Gasteiger partial charge in [0.1, 0.15) is 9.65 Å². The number of unbranched alkanes of at least 4 members (excludes halogenated alkanes) is 4. The molecule has 4 nitrogen and oxygen atoms in total. The fraction of sp³-hybridized carbons (Fsp3) is 0.867. The molecule has 124 valence electrons. The number of alkyl halides is 2. The average molecular weight is 430 g/mol.